The van der Waals surface area contributed by atoms with Gasteiger partial charge in [-0.1, -0.05) is 6.92 Å². The highest BCUT2D eigenvalue weighted by atomic mass is 127. The average molecular weight is 422 g/mol. The lowest BCUT2D eigenvalue weighted by Gasteiger charge is -2.18. The molecule has 0 fully saturated rings. The van der Waals surface area contributed by atoms with E-state index in [2.05, 4.69) is 49.5 Å². The van der Waals surface area contributed by atoms with Crippen LogP contribution in [0.1, 0.15) is 24.5 Å². The molecule has 0 unspecified atom stereocenters. The number of hydrogen-bond donors (Lipinski definition) is 2. The summed E-state index contributed by atoms with van der Waals surface area (Å²) in [5, 5.41) is 7.27. The number of aryl methyl sites for hydroxylation is 1. The highest BCUT2D eigenvalue weighted by Gasteiger charge is 2.16. The third-order valence-corrected chi connectivity index (χ3v) is 4.01. The molecule has 1 amide bonds. The second kappa shape index (κ2) is 8.61. The molecule has 0 aliphatic rings. The topological polar surface area (TPSA) is 66.4 Å². The molecule has 120 valence electrons. The summed E-state index contributed by atoms with van der Waals surface area (Å²) in [6, 6.07) is 9.40. The number of hydrogen-bond acceptors (Lipinski definition) is 4. The van der Waals surface area contributed by atoms with Crippen molar-refractivity contribution in [3.63, 3.8) is 0 Å². The van der Waals surface area contributed by atoms with Crippen molar-refractivity contribution in [3.05, 3.63) is 57.4 Å². The minimum absolute atomic E-state index is 0.157. The van der Waals surface area contributed by atoms with Gasteiger partial charge in [-0.3, -0.25) is 9.78 Å². The van der Waals surface area contributed by atoms with Crippen molar-refractivity contribution in [2.24, 2.45) is 5.10 Å². The van der Waals surface area contributed by atoms with Gasteiger partial charge in [-0.2, -0.15) is 5.10 Å². The van der Waals surface area contributed by atoms with Gasteiger partial charge in [0.15, 0.2) is 0 Å². The van der Waals surface area contributed by atoms with Crippen molar-refractivity contribution in [1.82, 2.24) is 10.4 Å². The first kappa shape index (κ1) is 17.4. The number of anilines is 1. The molecule has 0 spiro atoms. The van der Waals surface area contributed by atoms with Crippen LogP contribution >= 0.6 is 22.6 Å². The molecular weight excluding hydrogens is 403 g/mol. The van der Waals surface area contributed by atoms with Gasteiger partial charge in [-0.25, -0.2) is 5.43 Å². The molecule has 1 aromatic heterocycles. The number of benzene rings is 1. The van der Waals surface area contributed by atoms with E-state index in [0.717, 1.165) is 16.8 Å². The molecule has 0 saturated heterocycles. The van der Waals surface area contributed by atoms with Crippen LogP contribution in [0.5, 0.6) is 0 Å². The first-order chi connectivity index (χ1) is 11.1. The second-order valence-corrected chi connectivity index (χ2v) is 6.32. The van der Waals surface area contributed by atoms with Gasteiger partial charge in [0.2, 0.25) is 0 Å². The van der Waals surface area contributed by atoms with Gasteiger partial charge in [0.25, 0.3) is 5.91 Å². The maximum Gasteiger partial charge on any atom is 0.262 e. The number of aromatic nitrogens is 1. The molecule has 23 heavy (non-hydrogen) atoms. The number of pyridine rings is 1. The van der Waals surface area contributed by atoms with Gasteiger partial charge in [0, 0.05) is 21.7 Å². The monoisotopic (exact) mass is 422 g/mol. The number of nitrogens with zero attached hydrogens (tertiary/aromatic N) is 2. The maximum atomic E-state index is 12.2. The molecular formula is C17H19IN4O. The zero-order valence-electron chi connectivity index (χ0n) is 13.1. The Balaban J connectivity index is 1.97. The molecule has 0 bridgehead atoms. The average Bonchev–Trinajstić information content (AvgIpc) is 2.55. The fourth-order valence-electron chi connectivity index (χ4n) is 2.03. The lowest BCUT2D eigenvalue weighted by atomic mass is 10.1. The van der Waals surface area contributed by atoms with Gasteiger partial charge in [0.1, 0.15) is 6.04 Å². The highest BCUT2D eigenvalue weighted by Crippen LogP contribution is 2.19. The van der Waals surface area contributed by atoms with Gasteiger partial charge >= 0.3 is 0 Å². The largest absolute Gasteiger partial charge is 0.373 e. The summed E-state index contributed by atoms with van der Waals surface area (Å²) >= 11 is 2.27. The smallest absolute Gasteiger partial charge is 0.262 e. The van der Waals surface area contributed by atoms with E-state index in [4.69, 9.17) is 0 Å². The van der Waals surface area contributed by atoms with Crippen LogP contribution in [0.3, 0.4) is 0 Å². The van der Waals surface area contributed by atoms with Gasteiger partial charge in [0.05, 0.1) is 6.21 Å². The molecule has 2 aromatic rings. The minimum atomic E-state index is -0.330. The summed E-state index contributed by atoms with van der Waals surface area (Å²) < 4.78 is 1.17. The Morgan fingerprint density at radius 2 is 2.09 bits per heavy atom. The molecule has 1 heterocycles. The highest BCUT2D eigenvalue weighted by molar-refractivity contribution is 14.1. The first-order valence-electron chi connectivity index (χ1n) is 7.35. The summed E-state index contributed by atoms with van der Waals surface area (Å²) in [4.78, 5) is 16.2. The summed E-state index contributed by atoms with van der Waals surface area (Å²) in [5.41, 5.74) is 5.54. The molecule has 0 radical (unpaired) electrons. The van der Waals surface area contributed by atoms with E-state index >= 15 is 0 Å². The van der Waals surface area contributed by atoms with Crippen LogP contribution in [0.25, 0.3) is 0 Å². The van der Waals surface area contributed by atoms with Crippen molar-refractivity contribution >= 4 is 40.4 Å². The summed E-state index contributed by atoms with van der Waals surface area (Å²) in [5.74, 6) is -0.157. The van der Waals surface area contributed by atoms with E-state index in [1.807, 2.05) is 38.1 Å². The van der Waals surface area contributed by atoms with Crippen LogP contribution < -0.4 is 10.7 Å². The van der Waals surface area contributed by atoms with E-state index in [1.165, 1.54) is 3.57 Å². The number of rotatable bonds is 6. The van der Waals surface area contributed by atoms with Crippen molar-refractivity contribution in [1.29, 1.82) is 0 Å². The van der Waals surface area contributed by atoms with Gasteiger partial charge < -0.3 is 5.32 Å². The first-order valence-corrected chi connectivity index (χ1v) is 8.43. The molecule has 0 aliphatic heterocycles. The summed E-state index contributed by atoms with van der Waals surface area (Å²) in [7, 11) is 0. The van der Waals surface area contributed by atoms with E-state index in [9.17, 15) is 4.79 Å². The van der Waals surface area contributed by atoms with Crippen LogP contribution in [-0.4, -0.2) is 23.1 Å². The predicted octanol–water partition coefficient (Wildman–Crippen LogP) is 3.34. The van der Waals surface area contributed by atoms with Gasteiger partial charge in [-0.15, -0.1) is 0 Å². The fourth-order valence-corrected chi connectivity index (χ4v) is 2.67. The lowest BCUT2D eigenvalue weighted by molar-refractivity contribution is -0.121. The molecule has 0 aliphatic carbocycles. The Morgan fingerprint density at radius 3 is 2.74 bits per heavy atom. The van der Waals surface area contributed by atoms with Crippen LogP contribution in [0.4, 0.5) is 5.69 Å². The molecule has 1 aromatic carbocycles. The molecule has 2 N–H and O–H groups in total. The van der Waals surface area contributed by atoms with Crippen molar-refractivity contribution < 1.29 is 4.79 Å². The van der Waals surface area contributed by atoms with E-state index < -0.39 is 0 Å². The third-order valence-electron chi connectivity index (χ3n) is 3.34. The predicted molar refractivity (Wildman–Crippen MR) is 102 cm³/mol. The second-order valence-electron chi connectivity index (χ2n) is 5.08. The molecule has 2 rings (SSSR count). The molecule has 1 atom stereocenters. The maximum absolute atomic E-state index is 12.2. The van der Waals surface area contributed by atoms with E-state index in [1.54, 1.807) is 18.6 Å². The lowest BCUT2D eigenvalue weighted by Crippen LogP contribution is -2.37. The SMILES string of the molecule is CC[C@H](Nc1ccc(I)cc1C)C(=O)N/N=C\c1ccncc1. The Morgan fingerprint density at radius 1 is 1.35 bits per heavy atom. The summed E-state index contributed by atoms with van der Waals surface area (Å²) in [6.45, 7) is 3.99. The Hall–Kier alpha value is -1.96. The normalized spacial score (nSPS) is 12.1. The zero-order chi connectivity index (χ0) is 16.7. The fraction of sp³-hybridized carbons (Fsp3) is 0.235. The van der Waals surface area contributed by atoms with Crippen LogP contribution in [0.15, 0.2) is 47.8 Å². The van der Waals surface area contributed by atoms with E-state index in [-0.39, 0.29) is 11.9 Å². The number of hydrazone groups is 1. The summed E-state index contributed by atoms with van der Waals surface area (Å²) in [6.07, 6.45) is 5.63. The van der Waals surface area contributed by atoms with Crippen LogP contribution in [-0.2, 0) is 4.79 Å². The Kier molecular flexibility index (Phi) is 6.52. The number of amides is 1. The number of carbonyl (C=O) groups excluding carboxylic acids is 1. The van der Waals surface area contributed by atoms with Crippen LogP contribution in [0.2, 0.25) is 0 Å². The van der Waals surface area contributed by atoms with Crippen LogP contribution in [0, 0.1) is 10.5 Å². The number of halogens is 1. The van der Waals surface area contributed by atoms with E-state index in [0.29, 0.717) is 6.42 Å². The molecule has 0 saturated carbocycles. The third kappa shape index (κ3) is 5.31. The zero-order valence-corrected chi connectivity index (χ0v) is 15.2. The van der Waals surface area contributed by atoms with Crippen molar-refractivity contribution in [2.45, 2.75) is 26.3 Å². The molecule has 6 heteroatoms. The Bertz CT molecular complexity index is 688. The quantitative estimate of drug-likeness (QED) is 0.427. The Labute approximate surface area is 149 Å². The van der Waals surface area contributed by atoms with Crippen molar-refractivity contribution in [2.75, 3.05) is 5.32 Å². The number of carbonyl (C=O) groups is 1. The minimum Gasteiger partial charge on any atom is -0.373 e. The van der Waals surface area contributed by atoms with Gasteiger partial charge in [-0.05, 0) is 77.4 Å². The van der Waals surface area contributed by atoms with Crippen molar-refractivity contribution in [3.8, 4) is 0 Å². The standard InChI is InChI=1S/C17H19IN4O/c1-3-15(21-16-5-4-14(18)10-12(16)2)17(23)22-20-11-13-6-8-19-9-7-13/h4-11,15,21H,3H2,1-2H3,(H,22,23)/b20-11-/t15-/m0/s1. The molecule has 5 nitrogen and oxygen atoms in total. The number of nitrogens with one attached hydrogen (secondary N) is 2.